The van der Waals surface area contributed by atoms with Gasteiger partial charge in [-0.1, -0.05) is 22.9 Å². The summed E-state index contributed by atoms with van der Waals surface area (Å²) in [4.78, 5) is 31.2. The Morgan fingerprint density at radius 2 is 2.15 bits per heavy atom. The zero-order valence-corrected chi connectivity index (χ0v) is 16.2. The number of H-pyrrole nitrogens is 1. The molecule has 2 aromatic heterocycles. The zero-order chi connectivity index (χ0) is 19.3. The lowest BCUT2D eigenvalue weighted by molar-refractivity contribution is 0.0335. The van der Waals surface area contributed by atoms with Crippen molar-refractivity contribution in [2.24, 2.45) is 0 Å². The number of benzene rings is 1. The molecule has 0 bridgehead atoms. The highest BCUT2D eigenvalue weighted by Crippen LogP contribution is 2.30. The summed E-state index contributed by atoms with van der Waals surface area (Å²) in [5.41, 5.74) is 6.96. The quantitative estimate of drug-likeness (QED) is 0.618. The Bertz CT molecular complexity index is 1070. The summed E-state index contributed by atoms with van der Waals surface area (Å²) < 4.78 is 0. The van der Waals surface area contributed by atoms with Gasteiger partial charge in [-0.2, -0.15) is 5.10 Å². The van der Waals surface area contributed by atoms with Crippen LogP contribution in [-0.2, 0) is 0 Å². The molecule has 0 spiro atoms. The number of aromatic nitrogens is 3. The molecule has 0 unspecified atom stereocenters. The number of carbonyl (C=O) groups is 2. The molecule has 0 radical (unpaired) electrons. The molecular weight excluding hydrogens is 388 g/mol. The van der Waals surface area contributed by atoms with E-state index in [2.05, 4.69) is 20.5 Å². The van der Waals surface area contributed by atoms with E-state index in [4.69, 9.17) is 17.3 Å². The first kappa shape index (κ1) is 17.7. The summed E-state index contributed by atoms with van der Waals surface area (Å²) in [6, 6.07) is 3.41. The lowest BCUT2D eigenvalue weighted by atomic mass is 9.91. The average Bonchev–Trinajstić information content (AvgIpc) is 3.18. The molecule has 1 aliphatic heterocycles. The minimum absolute atomic E-state index is 0.135. The van der Waals surface area contributed by atoms with Gasteiger partial charge in [0.1, 0.15) is 4.88 Å². The molecule has 140 valence electrons. The van der Waals surface area contributed by atoms with Gasteiger partial charge in [-0.25, -0.2) is 4.98 Å². The summed E-state index contributed by atoms with van der Waals surface area (Å²) in [5.74, 6) is -0.413. The van der Waals surface area contributed by atoms with Gasteiger partial charge < -0.3 is 16.0 Å². The predicted molar refractivity (Wildman–Crippen MR) is 104 cm³/mol. The van der Waals surface area contributed by atoms with Gasteiger partial charge >= 0.3 is 0 Å². The summed E-state index contributed by atoms with van der Waals surface area (Å²) >= 11 is 7.58. The highest BCUT2D eigenvalue weighted by atomic mass is 35.5. The summed E-state index contributed by atoms with van der Waals surface area (Å²) in [6.07, 6.45) is 1.47. The van der Waals surface area contributed by atoms with Crippen LogP contribution in [0, 0.1) is 6.92 Å². The van der Waals surface area contributed by atoms with E-state index in [-0.39, 0.29) is 11.8 Å². The van der Waals surface area contributed by atoms with E-state index < -0.39 is 5.54 Å². The van der Waals surface area contributed by atoms with Crippen LogP contribution in [0.4, 0.5) is 5.13 Å². The van der Waals surface area contributed by atoms with E-state index in [0.717, 1.165) is 22.4 Å². The minimum atomic E-state index is -0.521. The van der Waals surface area contributed by atoms with Crippen molar-refractivity contribution in [2.45, 2.75) is 19.4 Å². The maximum absolute atomic E-state index is 12.7. The highest BCUT2D eigenvalue weighted by Gasteiger charge is 2.43. The van der Waals surface area contributed by atoms with Gasteiger partial charge in [0, 0.05) is 24.2 Å². The molecule has 0 saturated carbocycles. The van der Waals surface area contributed by atoms with Crippen molar-refractivity contribution < 1.29 is 9.59 Å². The molecule has 8 nitrogen and oxygen atoms in total. The third-order valence-corrected chi connectivity index (χ3v) is 5.81. The number of aromatic amines is 1. The van der Waals surface area contributed by atoms with Crippen molar-refractivity contribution in [3.05, 3.63) is 39.5 Å². The van der Waals surface area contributed by atoms with Crippen LogP contribution in [0.1, 0.15) is 32.6 Å². The number of nitrogen functional groups attached to an aromatic ring is 1. The number of rotatable bonds is 3. The number of amides is 2. The fourth-order valence-electron chi connectivity index (χ4n) is 3.29. The number of nitrogens with one attached hydrogen (secondary N) is 2. The number of nitrogens with zero attached hydrogens (tertiary/aromatic N) is 3. The van der Waals surface area contributed by atoms with Gasteiger partial charge in [-0.15, -0.1) is 0 Å². The largest absolute Gasteiger partial charge is 0.375 e. The summed E-state index contributed by atoms with van der Waals surface area (Å²) in [6.45, 7) is 4.55. The Morgan fingerprint density at radius 3 is 2.81 bits per heavy atom. The van der Waals surface area contributed by atoms with Crippen molar-refractivity contribution in [1.29, 1.82) is 0 Å². The number of aryl methyl sites for hydroxylation is 1. The second-order valence-corrected chi connectivity index (χ2v) is 8.35. The van der Waals surface area contributed by atoms with Crippen LogP contribution >= 0.6 is 22.9 Å². The van der Waals surface area contributed by atoms with Crippen LogP contribution < -0.4 is 11.1 Å². The van der Waals surface area contributed by atoms with Crippen LogP contribution in [0.25, 0.3) is 10.9 Å². The van der Waals surface area contributed by atoms with Gasteiger partial charge in [0.15, 0.2) is 5.13 Å². The first-order chi connectivity index (χ1) is 12.8. The first-order valence-corrected chi connectivity index (χ1v) is 9.43. The molecule has 27 heavy (non-hydrogen) atoms. The third-order valence-electron chi connectivity index (χ3n) is 4.60. The third kappa shape index (κ3) is 3.02. The molecule has 3 heterocycles. The molecule has 1 aliphatic rings. The predicted octanol–water partition coefficient (Wildman–Crippen LogP) is 2.21. The molecule has 2 amide bonds. The Balaban J connectivity index is 1.47. The van der Waals surface area contributed by atoms with Crippen molar-refractivity contribution in [2.75, 3.05) is 18.8 Å². The summed E-state index contributed by atoms with van der Waals surface area (Å²) in [5, 5.41) is 11.5. The molecular formula is C17H17ClN6O2S. The van der Waals surface area contributed by atoms with Crippen LogP contribution in [0.5, 0.6) is 0 Å². The van der Waals surface area contributed by atoms with E-state index in [0.29, 0.717) is 39.2 Å². The van der Waals surface area contributed by atoms with Crippen LogP contribution in [0.2, 0.25) is 5.02 Å². The molecule has 0 aliphatic carbocycles. The van der Waals surface area contributed by atoms with Gasteiger partial charge in [0.2, 0.25) is 0 Å². The van der Waals surface area contributed by atoms with E-state index in [1.54, 1.807) is 17.0 Å². The van der Waals surface area contributed by atoms with E-state index >= 15 is 0 Å². The first-order valence-electron chi connectivity index (χ1n) is 8.24. The van der Waals surface area contributed by atoms with Crippen molar-refractivity contribution >= 4 is 50.8 Å². The standard InChI is InChI=1S/C17H17ClN6O2S/c1-8-12-10(23-22-8)4-3-9(13(12)18)14(25)21-17(2)6-24(7-17)15(26)11-5-20-16(19)27-11/h3-5H,6-7H2,1-2H3,(H2,19,20)(H,21,25)(H,22,23). The van der Waals surface area contributed by atoms with Crippen LogP contribution in [-0.4, -0.2) is 50.5 Å². The van der Waals surface area contributed by atoms with Crippen molar-refractivity contribution in [3.8, 4) is 0 Å². The van der Waals surface area contributed by atoms with Crippen LogP contribution in [0.3, 0.4) is 0 Å². The lowest BCUT2D eigenvalue weighted by Crippen LogP contribution is -2.69. The number of halogens is 1. The van der Waals surface area contributed by atoms with Gasteiger partial charge in [-0.3, -0.25) is 14.7 Å². The molecule has 1 aromatic carbocycles. The Morgan fingerprint density at radius 1 is 1.41 bits per heavy atom. The monoisotopic (exact) mass is 404 g/mol. The van der Waals surface area contributed by atoms with E-state index in [1.165, 1.54) is 6.20 Å². The number of fused-ring (bicyclic) bond motifs is 1. The van der Waals surface area contributed by atoms with Gasteiger partial charge in [0.05, 0.1) is 27.8 Å². The Hall–Kier alpha value is -2.65. The normalized spacial score (nSPS) is 15.6. The number of hydrogen-bond acceptors (Lipinski definition) is 6. The smallest absolute Gasteiger partial charge is 0.265 e. The van der Waals surface area contributed by atoms with Gasteiger partial charge in [0.25, 0.3) is 11.8 Å². The minimum Gasteiger partial charge on any atom is -0.375 e. The molecule has 10 heteroatoms. The molecule has 4 rings (SSSR count). The molecule has 1 saturated heterocycles. The molecule has 4 N–H and O–H groups in total. The summed E-state index contributed by atoms with van der Waals surface area (Å²) in [7, 11) is 0. The highest BCUT2D eigenvalue weighted by molar-refractivity contribution is 7.17. The number of carbonyl (C=O) groups excluding carboxylic acids is 2. The maximum atomic E-state index is 12.7. The lowest BCUT2D eigenvalue weighted by Gasteiger charge is -2.48. The van der Waals surface area contributed by atoms with Crippen LogP contribution in [0.15, 0.2) is 18.3 Å². The maximum Gasteiger partial charge on any atom is 0.265 e. The second-order valence-electron chi connectivity index (χ2n) is 6.91. The molecule has 0 atom stereocenters. The zero-order valence-electron chi connectivity index (χ0n) is 14.7. The van der Waals surface area contributed by atoms with E-state index in [1.807, 2.05) is 13.8 Å². The van der Waals surface area contributed by atoms with Crippen molar-refractivity contribution in [1.82, 2.24) is 25.4 Å². The molecule has 3 aromatic rings. The Kier molecular flexibility index (Phi) is 4.08. The second kappa shape index (κ2) is 6.21. The number of likely N-dealkylation sites (tertiary alicyclic amines) is 1. The number of hydrogen-bond donors (Lipinski definition) is 3. The van der Waals surface area contributed by atoms with Crippen molar-refractivity contribution in [3.63, 3.8) is 0 Å². The van der Waals surface area contributed by atoms with Gasteiger partial charge in [-0.05, 0) is 26.0 Å². The number of anilines is 1. The average molecular weight is 405 g/mol. The SMILES string of the molecule is Cc1[nH]nc2ccc(C(=O)NC3(C)CN(C(=O)c4cnc(N)s4)C3)c(Cl)c12. The topological polar surface area (TPSA) is 117 Å². The number of thiazole rings is 1. The van der Waals surface area contributed by atoms with E-state index in [9.17, 15) is 9.59 Å². The number of nitrogens with two attached hydrogens (primary N) is 1. The fraction of sp³-hybridized carbons (Fsp3) is 0.294. The molecule has 1 fully saturated rings. The fourth-order valence-corrected chi connectivity index (χ4v) is 4.33. The Labute approximate surface area is 163 Å².